The zero-order valence-corrected chi connectivity index (χ0v) is 13.5. The number of ether oxygens (including phenoxy) is 1. The molecule has 2 atom stereocenters. The average molecular weight is 309 g/mol. The molecule has 0 spiro atoms. The van der Waals surface area contributed by atoms with Gasteiger partial charge in [0.2, 0.25) is 5.91 Å². The van der Waals surface area contributed by atoms with Gasteiger partial charge in [0.25, 0.3) is 0 Å². The number of aromatic nitrogens is 1. The number of hydrogen-bond donors (Lipinski definition) is 1. The number of nitrogens with zero attached hydrogens (tertiary/aromatic N) is 2. The van der Waals surface area contributed by atoms with Gasteiger partial charge in [-0.1, -0.05) is 6.42 Å². The summed E-state index contributed by atoms with van der Waals surface area (Å²) in [6, 6.07) is 0. The summed E-state index contributed by atoms with van der Waals surface area (Å²) in [5.74, 6) is 0.342. The highest BCUT2D eigenvalue weighted by molar-refractivity contribution is 7.13. The predicted molar refractivity (Wildman–Crippen MR) is 83.4 cm³/mol. The van der Waals surface area contributed by atoms with E-state index in [1.54, 1.807) is 0 Å². The van der Waals surface area contributed by atoms with Crippen LogP contribution in [0.3, 0.4) is 0 Å². The Hall–Kier alpha value is -0.980. The van der Waals surface area contributed by atoms with Crippen LogP contribution in [0.5, 0.6) is 0 Å². The maximum Gasteiger partial charge on any atom is 0.229 e. The van der Waals surface area contributed by atoms with Crippen molar-refractivity contribution in [2.45, 2.75) is 51.9 Å². The molecule has 1 aliphatic heterocycles. The molecule has 6 heteroatoms. The molecule has 0 unspecified atom stereocenters. The van der Waals surface area contributed by atoms with Crippen molar-refractivity contribution in [1.82, 2.24) is 9.88 Å². The second-order valence-electron chi connectivity index (χ2n) is 6.21. The molecular formula is C15H23N3O2S. The Labute approximate surface area is 129 Å². The molecule has 0 aromatic carbocycles. The van der Waals surface area contributed by atoms with Crippen LogP contribution in [0.15, 0.2) is 5.38 Å². The van der Waals surface area contributed by atoms with E-state index in [9.17, 15) is 4.79 Å². The lowest BCUT2D eigenvalue weighted by Gasteiger charge is -2.34. The Kier molecular flexibility index (Phi) is 4.57. The number of thiazole rings is 1. The van der Waals surface area contributed by atoms with Crippen molar-refractivity contribution in [2.75, 3.05) is 18.4 Å². The normalized spacial score (nSPS) is 27.3. The molecule has 1 aromatic rings. The van der Waals surface area contributed by atoms with Crippen molar-refractivity contribution in [1.29, 1.82) is 0 Å². The van der Waals surface area contributed by atoms with Gasteiger partial charge in [0.05, 0.1) is 17.9 Å². The van der Waals surface area contributed by atoms with Crippen molar-refractivity contribution in [3.63, 3.8) is 0 Å². The van der Waals surface area contributed by atoms with Gasteiger partial charge in [0.15, 0.2) is 5.13 Å². The van der Waals surface area contributed by atoms with E-state index in [-0.39, 0.29) is 24.0 Å². The first kappa shape index (κ1) is 14.9. The van der Waals surface area contributed by atoms with E-state index in [1.165, 1.54) is 17.8 Å². The van der Waals surface area contributed by atoms with Gasteiger partial charge in [-0.25, -0.2) is 4.98 Å². The lowest BCUT2D eigenvalue weighted by molar-refractivity contribution is -0.122. The lowest BCUT2D eigenvalue weighted by Crippen LogP contribution is -2.44. The lowest BCUT2D eigenvalue weighted by atomic mass is 9.85. The summed E-state index contributed by atoms with van der Waals surface area (Å²) in [6.07, 6.45) is 3.76. The van der Waals surface area contributed by atoms with E-state index >= 15 is 0 Å². The van der Waals surface area contributed by atoms with Crippen LogP contribution in [0.25, 0.3) is 0 Å². The van der Waals surface area contributed by atoms with Gasteiger partial charge >= 0.3 is 0 Å². The third kappa shape index (κ3) is 3.81. The summed E-state index contributed by atoms with van der Waals surface area (Å²) in [6.45, 7) is 6.91. The van der Waals surface area contributed by atoms with Crippen LogP contribution in [0.2, 0.25) is 0 Å². The maximum absolute atomic E-state index is 11.9. The van der Waals surface area contributed by atoms with Crippen LogP contribution in [0, 0.1) is 5.92 Å². The highest BCUT2D eigenvalue weighted by Gasteiger charge is 2.26. The number of rotatable bonds is 4. The number of carbonyl (C=O) groups is 1. The van der Waals surface area contributed by atoms with Gasteiger partial charge in [-0.15, -0.1) is 11.3 Å². The summed E-state index contributed by atoms with van der Waals surface area (Å²) in [4.78, 5) is 18.8. The fourth-order valence-electron chi connectivity index (χ4n) is 2.96. The Bertz CT molecular complexity index is 491. The quantitative estimate of drug-likeness (QED) is 0.928. The van der Waals surface area contributed by atoms with Crippen LogP contribution in [0.1, 0.15) is 38.8 Å². The largest absolute Gasteiger partial charge is 0.373 e. The predicted octanol–water partition coefficient (Wildman–Crippen LogP) is 2.49. The SMILES string of the molecule is C[C@@H]1CN(Cc2csc(NC(=O)C3CCC3)n2)C[C@H](C)O1. The standard InChI is InChI=1S/C15H23N3O2S/c1-10-6-18(7-11(2)20-10)8-13-9-21-15(16-13)17-14(19)12-4-3-5-12/h9-12H,3-8H2,1-2H3,(H,16,17,19)/t10-,11+. The fourth-order valence-corrected chi connectivity index (χ4v) is 3.66. The Morgan fingerprint density at radius 1 is 1.43 bits per heavy atom. The number of amides is 1. The van der Waals surface area contributed by atoms with Gasteiger partial charge in [0.1, 0.15) is 0 Å². The third-order valence-corrected chi connectivity index (χ3v) is 4.95. The Balaban J connectivity index is 1.53. The van der Waals surface area contributed by atoms with Crippen LogP contribution < -0.4 is 5.32 Å². The van der Waals surface area contributed by atoms with Crippen LogP contribution in [-0.2, 0) is 16.1 Å². The highest BCUT2D eigenvalue weighted by atomic mass is 32.1. The topological polar surface area (TPSA) is 54.5 Å². The molecule has 1 amide bonds. The van der Waals surface area contributed by atoms with E-state index < -0.39 is 0 Å². The van der Waals surface area contributed by atoms with E-state index in [4.69, 9.17) is 4.74 Å². The second-order valence-corrected chi connectivity index (χ2v) is 7.07. The summed E-state index contributed by atoms with van der Waals surface area (Å²) in [5, 5.41) is 5.72. The van der Waals surface area contributed by atoms with Crippen molar-refractivity contribution < 1.29 is 9.53 Å². The van der Waals surface area contributed by atoms with E-state index in [2.05, 4.69) is 29.0 Å². The smallest absolute Gasteiger partial charge is 0.229 e. The first-order chi connectivity index (χ1) is 10.1. The number of carbonyl (C=O) groups excluding carboxylic acids is 1. The van der Waals surface area contributed by atoms with Gasteiger partial charge < -0.3 is 10.1 Å². The molecule has 0 radical (unpaired) electrons. The summed E-state index contributed by atoms with van der Waals surface area (Å²) in [7, 11) is 0. The molecule has 1 N–H and O–H groups in total. The van der Waals surface area contributed by atoms with Crippen molar-refractivity contribution >= 4 is 22.4 Å². The molecule has 21 heavy (non-hydrogen) atoms. The van der Waals surface area contributed by atoms with Gasteiger partial charge in [-0.2, -0.15) is 0 Å². The zero-order chi connectivity index (χ0) is 14.8. The molecule has 1 aromatic heterocycles. The Morgan fingerprint density at radius 2 is 2.14 bits per heavy atom. The Morgan fingerprint density at radius 3 is 2.76 bits per heavy atom. The summed E-state index contributed by atoms with van der Waals surface area (Å²) in [5.41, 5.74) is 1.03. The van der Waals surface area contributed by atoms with E-state index in [0.717, 1.165) is 43.3 Å². The summed E-state index contributed by atoms with van der Waals surface area (Å²) >= 11 is 1.52. The van der Waals surface area contributed by atoms with Crippen molar-refractivity contribution in [3.05, 3.63) is 11.1 Å². The van der Waals surface area contributed by atoms with Gasteiger partial charge in [-0.3, -0.25) is 9.69 Å². The first-order valence-electron chi connectivity index (χ1n) is 7.73. The fraction of sp³-hybridized carbons (Fsp3) is 0.733. The first-order valence-corrected chi connectivity index (χ1v) is 8.61. The molecule has 5 nitrogen and oxygen atoms in total. The van der Waals surface area contributed by atoms with Crippen LogP contribution in [0.4, 0.5) is 5.13 Å². The van der Waals surface area contributed by atoms with Gasteiger partial charge in [0, 0.05) is 30.9 Å². The minimum absolute atomic E-state index is 0.135. The van der Waals surface area contributed by atoms with Crippen LogP contribution >= 0.6 is 11.3 Å². The van der Waals surface area contributed by atoms with Crippen molar-refractivity contribution in [2.24, 2.45) is 5.92 Å². The minimum atomic E-state index is 0.135. The molecular weight excluding hydrogens is 286 g/mol. The van der Waals surface area contributed by atoms with Crippen molar-refractivity contribution in [3.8, 4) is 0 Å². The average Bonchev–Trinajstić information content (AvgIpc) is 2.72. The minimum Gasteiger partial charge on any atom is -0.373 e. The highest BCUT2D eigenvalue weighted by Crippen LogP contribution is 2.28. The zero-order valence-electron chi connectivity index (χ0n) is 12.7. The molecule has 2 fully saturated rings. The van der Waals surface area contributed by atoms with Gasteiger partial charge in [-0.05, 0) is 26.7 Å². The molecule has 2 aliphatic rings. The molecule has 1 saturated heterocycles. The van der Waals surface area contributed by atoms with E-state index in [0.29, 0.717) is 0 Å². The second kappa shape index (κ2) is 6.42. The number of morpholine rings is 1. The van der Waals surface area contributed by atoms with E-state index in [1.807, 2.05) is 5.38 Å². The monoisotopic (exact) mass is 309 g/mol. The molecule has 1 aliphatic carbocycles. The molecule has 3 rings (SSSR count). The molecule has 116 valence electrons. The number of anilines is 1. The maximum atomic E-state index is 11.9. The molecule has 1 saturated carbocycles. The summed E-state index contributed by atoms with van der Waals surface area (Å²) < 4.78 is 5.74. The number of hydrogen-bond acceptors (Lipinski definition) is 5. The molecule has 2 heterocycles. The van der Waals surface area contributed by atoms with Crippen LogP contribution in [-0.4, -0.2) is 41.1 Å². The molecule has 0 bridgehead atoms. The third-order valence-electron chi connectivity index (χ3n) is 4.14. The number of nitrogens with one attached hydrogen (secondary N) is 1.